The van der Waals surface area contributed by atoms with Crippen LogP contribution >= 0.6 is 0 Å². The van der Waals surface area contributed by atoms with E-state index in [-0.39, 0.29) is 0 Å². The molecule has 0 aromatic carbocycles. The Morgan fingerprint density at radius 1 is 1.23 bits per heavy atom. The van der Waals surface area contributed by atoms with Gasteiger partial charge in [0.15, 0.2) is 6.29 Å². The fraction of sp³-hybridized carbons (Fsp3) is 1.00. The van der Waals surface area contributed by atoms with Gasteiger partial charge < -0.3 is 25.2 Å². The molecule has 1 fully saturated rings. The Bertz CT molecular complexity index is 213. The van der Waals surface area contributed by atoms with Gasteiger partial charge in [0.05, 0.1) is 6.61 Å². The number of rotatable bonds is 1. The molecule has 0 aliphatic carbocycles. The highest BCUT2D eigenvalue weighted by molar-refractivity contribution is 5.13. The molecule has 1 saturated heterocycles. The van der Waals surface area contributed by atoms with E-state index in [1.807, 2.05) is 0 Å². The lowest BCUT2D eigenvalue weighted by Crippen LogP contribution is -2.60. The first-order chi connectivity index (χ1) is 5.69. The highest BCUT2D eigenvalue weighted by Gasteiger charge is 2.66. The van der Waals surface area contributed by atoms with Crippen LogP contribution < -0.4 is 0 Å². The first kappa shape index (κ1) is 10.9. The number of hydrogen-bond acceptors (Lipinski definition) is 5. The minimum Gasteiger partial charge on any atom is -0.393 e. The van der Waals surface area contributed by atoms with Crippen LogP contribution in [-0.2, 0) is 4.74 Å². The highest BCUT2D eigenvalue weighted by Crippen LogP contribution is 2.45. The van der Waals surface area contributed by atoms with Crippen molar-refractivity contribution in [3.63, 3.8) is 0 Å². The Morgan fingerprint density at radius 3 is 1.85 bits per heavy atom. The van der Waals surface area contributed by atoms with Crippen LogP contribution in [0.15, 0.2) is 0 Å². The van der Waals surface area contributed by atoms with E-state index in [9.17, 15) is 15.3 Å². The standard InChI is InChI=1S/C8H16O5/c1-6(4-9)8(3,12)7(2,11)5(10)13-6/h5,9-12H,4H2,1-3H3/t5-,6-,7+,8+/m1/s1. The second-order valence-corrected chi connectivity index (χ2v) is 4.08. The molecule has 1 rings (SSSR count). The van der Waals surface area contributed by atoms with Gasteiger partial charge in [-0.05, 0) is 20.8 Å². The van der Waals surface area contributed by atoms with Crippen LogP contribution in [0.2, 0.25) is 0 Å². The lowest BCUT2D eigenvalue weighted by molar-refractivity contribution is -0.185. The fourth-order valence-electron chi connectivity index (χ4n) is 1.44. The van der Waals surface area contributed by atoms with E-state index in [1.165, 1.54) is 20.8 Å². The maximum atomic E-state index is 9.92. The van der Waals surface area contributed by atoms with Gasteiger partial charge in [-0.15, -0.1) is 0 Å². The summed E-state index contributed by atoms with van der Waals surface area (Å²) >= 11 is 0. The third kappa shape index (κ3) is 1.12. The van der Waals surface area contributed by atoms with Crippen LogP contribution in [0.4, 0.5) is 0 Å². The maximum Gasteiger partial charge on any atom is 0.187 e. The molecule has 4 atom stereocenters. The van der Waals surface area contributed by atoms with Crippen LogP contribution in [0.3, 0.4) is 0 Å². The second kappa shape index (κ2) is 2.65. The molecule has 0 spiro atoms. The van der Waals surface area contributed by atoms with Crippen molar-refractivity contribution >= 4 is 0 Å². The topological polar surface area (TPSA) is 90.2 Å². The van der Waals surface area contributed by atoms with Gasteiger partial charge in [-0.3, -0.25) is 0 Å². The number of ether oxygens (including phenoxy) is 1. The van der Waals surface area contributed by atoms with Gasteiger partial charge in [0, 0.05) is 0 Å². The molecule has 5 nitrogen and oxygen atoms in total. The van der Waals surface area contributed by atoms with Crippen molar-refractivity contribution in [1.82, 2.24) is 0 Å². The number of aliphatic hydroxyl groups is 4. The molecule has 13 heavy (non-hydrogen) atoms. The predicted molar refractivity (Wildman–Crippen MR) is 43.8 cm³/mol. The van der Waals surface area contributed by atoms with Crippen LogP contribution in [0.5, 0.6) is 0 Å². The molecular weight excluding hydrogens is 176 g/mol. The van der Waals surface area contributed by atoms with Gasteiger partial charge in [0.25, 0.3) is 0 Å². The lowest BCUT2D eigenvalue weighted by Gasteiger charge is -2.38. The van der Waals surface area contributed by atoms with Crippen molar-refractivity contribution in [2.24, 2.45) is 0 Å². The minimum absolute atomic E-state index is 0.479. The molecular formula is C8H16O5. The summed E-state index contributed by atoms with van der Waals surface area (Å²) in [5, 5.41) is 38.0. The monoisotopic (exact) mass is 192 g/mol. The third-order valence-electron chi connectivity index (χ3n) is 3.17. The Labute approximate surface area is 76.6 Å². The average molecular weight is 192 g/mol. The molecule has 4 N–H and O–H groups in total. The molecule has 0 aromatic heterocycles. The largest absolute Gasteiger partial charge is 0.393 e. The first-order valence-electron chi connectivity index (χ1n) is 4.10. The Balaban J connectivity index is 3.11. The van der Waals surface area contributed by atoms with Crippen LogP contribution in [0.25, 0.3) is 0 Å². The quantitative estimate of drug-likeness (QED) is 0.410. The zero-order valence-corrected chi connectivity index (χ0v) is 7.98. The van der Waals surface area contributed by atoms with E-state index < -0.39 is 29.7 Å². The maximum absolute atomic E-state index is 9.92. The number of hydrogen-bond donors (Lipinski definition) is 4. The minimum atomic E-state index is -1.79. The zero-order chi connectivity index (χ0) is 10.5. The highest BCUT2D eigenvalue weighted by atomic mass is 16.7. The molecule has 0 radical (unpaired) electrons. The Kier molecular flexibility index (Phi) is 2.22. The van der Waals surface area contributed by atoms with Crippen molar-refractivity contribution in [3.05, 3.63) is 0 Å². The van der Waals surface area contributed by atoms with Gasteiger partial charge in [0.1, 0.15) is 16.8 Å². The van der Waals surface area contributed by atoms with Crippen molar-refractivity contribution in [1.29, 1.82) is 0 Å². The second-order valence-electron chi connectivity index (χ2n) is 4.08. The van der Waals surface area contributed by atoms with E-state index >= 15 is 0 Å². The van der Waals surface area contributed by atoms with E-state index in [0.717, 1.165) is 0 Å². The fourth-order valence-corrected chi connectivity index (χ4v) is 1.44. The van der Waals surface area contributed by atoms with Crippen molar-refractivity contribution in [2.75, 3.05) is 6.61 Å². The molecule has 1 aliphatic heterocycles. The summed E-state index contributed by atoms with van der Waals surface area (Å²) in [6.07, 6.45) is -1.50. The molecule has 78 valence electrons. The summed E-state index contributed by atoms with van der Waals surface area (Å²) in [7, 11) is 0. The molecule has 0 bridgehead atoms. The summed E-state index contributed by atoms with van der Waals surface area (Å²) in [4.78, 5) is 0. The van der Waals surface area contributed by atoms with Crippen molar-refractivity contribution in [3.8, 4) is 0 Å². The van der Waals surface area contributed by atoms with Crippen LogP contribution in [-0.4, -0.2) is 50.1 Å². The summed E-state index contributed by atoms with van der Waals surface area (Å²) in [5.74, 6) is 0. The Hall–Kier alpha value is -0.200. The van der Waals surface area contributed by atoms with E-state index in [1.54, 1.807) is 0 Å². The third-order valence-corrected chi connectivity index (χ3v) is 3.17. The smallest absolute Gasteiger partial charge is 0.187 e. The van der Waals surface area contributed by atoms with Gasteiger partial charge >= 0.3 is 0 Å². The predicted octanol–water partition coefficient (Wildman–Crippen LogP) is -1.41. The van der Waals surface area contributed by atoms with Gasteiger partial charge in [0.2, 0.25) is 0 Å². The molecule has 1 heterocycles. The molecule has 0 aromatic rings. The van der Waals surface area contributed by atoms with Crippen LogP contribution in [0.1, 0.15) is 20.8 Å². The molecule has 0 saturated carbocycles. The van der Waals surface area contributed by atoms with Crippen molar-refractivity contribution < 1.29 is 25.2 Å². The van der Waals surface area contributed by atoms with E-state index in [0.29, 0.717) is 0 Å². The summed E-state index contributed by atoms with van der Waals surface area (Å²) in [6, 6.07) is 0. The summed E-state index contributed by atoms with van der Waals surface area (Å²) in [5.41, 5.74) is -4.84. The summed E-state index contributed by atoms with van der Waals surface area (Å²) < 4.78 is 4.93. The molecule has 0 unspecified atom stereocenters. The average Bonchev–Trinajstić information content (AvgIpc) is 2.12. The van der Waals surface area contributed by atoms with Gasteiger partial charge in [-0.25, -0.2) is 0 Å². The first-order valence-corrected chi connectivity index (χ1v) is 4.10. The molecule has 1 aliphatic rings. The lowest BCUT2D eigenvalue weighted by atomic mass is 9.77. The molecule has 5 heteroatoms. The normalized spacial score (nSPS) is 57.0. The summed E-state index contributed by atoms with van der Waals surface area (Å²) in [6.45, 7) is 3.53. The van der Waals surface area contributed by atoms with E-state index in [4.69, 9.17) is 9.84 Å². The molecule has 0 amide bonds. The van der Waals surface area contributed by atoms with Crippen molar-refractivity contribution in [2.45, 2.75) is 43.9 Å². The van der Waals surface area contributed by atoms with Crippen LogP contribution in [0, 0.1) is 0 Å². The SMILES string of the molecule is C[C@]1(O)[C@@](C)(CO)O[C@@H](O)[C@]1(C)O. The Morgan fingerprint density at radius 2 is 1.69 bits per heavy atom. The number of aliphatic hydroxyl groups excluding tert-OH is 2. The van der Waals surface area contributed by atoms with Gasteiger partial charge in [-0.2, -0.15) is 0 Å². The van der Waals surface area contributed by atoms with Gasteiger partial charge in [-0.1, -0.05) is 0 Å². The zero-order valence-electron chi connectivity index (χ0n) is 7.98. The van der Waals surface area contributed by atoms with E-state index in [2.05, 4.69) is 0 Å².